The van der Waals surface area contributed by atoms with Crippen LogP contribution in [0.2, 0.25) is 0 Å². The van der Waals surface area contributed by atoms with Gasteiger partial charge in [-0.25, -0.2) is 0 Å². The van der Waals surface area contributed by atoms with Gasteiger partial charge >= 0.3 is 5.97 Å². The number of amides is 1. The first-order valence-corrected chi connectivity index (χ1v) is 15.5. The Morgan fingerprint density at radius 3 is 1.79 bits per heavy atom. The Morgan fingerprint density at radius 2 is 1.24 bits per heavy atom. The maximum Gasteiger partial charge on any atom is 0.325 e. The summed E-state index contributed by atoms with van der Waals surface area (Å²) in [5.41, 5.74) is 1.48. The van der Waals surface area contributed by atoms with Gasteiger partial charge in [0.15, 0.2) is 0 Å². The van der Waals surface area contributed by atoms with Gasteiger partial charge in [0, 0.05) is 17.8 Å². The quantitative estimate of drug-likeness (QED) is 0.169. The molecule has 1 amide bonds. The summed E-state index contributed by atoms with van der Waals surface area (Å²) < 4.78 is 5.81. The molecule has 0 radical (unpaired) electrons. The summed E-state index contributed by atoms with van der Waals surface area (Å²) in [5.74, 6) is -0.229. The molecule has 1 fully saturated rings. The molecule has 2 rings (SSSR count). The van der Waals surface area contributed by atoms with Crippen LogP contribution in [0.3, 0.4) is 0 Å². The molecule has 0 aliphatic heterocycles. The molecule has 0 bridgehead atoms. The van der Waals surface area contributed by atoms with Crippen molar-refractivity contribution in [1.29, 1.82) is 0 Å². The van der Waals surface area contributed by atoms with E-state index in [0.717, 1.165) is 44.3 Å². The highest BCUT2D eigenvalue weighted by atomic mass is 35.5. The summed E-state index contributed by atoms with van der Waals surface area (Å²) in [4.78, 5) is 24.9. The zero-order chi connectivity index (χ0) is 26.4. The van der Waals surface area contributed by atoms with Crippen molar-refractivity contribution < 1.29 is 14.3 Å². The molecule has 0 aromatic heterocycles. The molecule has 0 spiro atoms. The minimum absolute atomic E-state index is 0. The molecule has 1 aromatic rings. The van der Waals surface area contributed by atoms with Gasteiger partial charge in [0.2, 0.25) is 0 Å². The number of carbonyl (C=O) groups excluding carboxylic acids is 2. The number of hydrogen-bond acceptors (Lipinski definition) is 4. The number of ether oxygens (including phenoxy) is 1. The number of halogens is 1. The molecule has 0 heterocycles. The smallest absolute Gasteiger partial charge is 0.325 e. The highest BCUT2D eigenvalue weighted by Gasteiger charge is 2.15. The van der Waals surface area contributed by atoms with Crippen molar-refractivity contribution in [3.05, 3.63) is 29.8 Å². The number of benzene rings is 1. The third kappa shape index (κ3) is 17.0. The van der Waals surface area contributed by atoms with E-state index < -0.39 is 0 Å². The summed E-state index contributed by atoms with van der Waals surface area (Å²) in [5, 5.41) is 6.17. The summed E-state index contributed by atoms with van der Waals surface area (Å²) in [7, 11) is 0. The number of carbonyl (C=O) groups is 2. The Bertz CT molecular complexity index is 714. The average Bonchev–Trinajstić information content (AvgIpc) is 2.90. The number of hydrogen-bond donors (Lipinski definition) is 2. The second-order valence-corrected chi connectivity index (χ2v) is 10.9. The van der Waals surface area contributed by atoms with Gasteiger partial charge < -0.3 is 15.4 Å². The Morgan fingerprint density at radius 1 is 0.737 bits per heavy atom. The standard InChI is InChI=1S/C32H54N2O3.ClH/c1-2-3-4-5-6-10-13-16-19-26-33-32(36)28-22-24-29(25-23-28)34-27-31(35)37-30-20-17-14-11-8-7-9-12-15-18-21-30;/h22-25,30,34H,2-21,26-27H2,1H3,(H,33,36);1H. The Balaban J connectivity index is 0.00000722. The van der Waals surface area contributed by atoms with Crippen LogP contribution in [-0.4, -0.2) is 31.1 Å². The van der Waals surface area contributed by atoms with E-state index in [1.807, 2.05) is 24.3 Å². The number of unbranched alkanes of at least 4 members (excludes halogenated alkanes) is 8. The fourth-order valence-electron chi connectivity index (χ4n) is 5.12. The zero-order valence-electron chi connectivity index (χ0n) is 24.1. The molecule has 0 unspecified atom stereocenters. The van der Waals surface area contributed by atoms with Crippen LogP contribution in [0.5, 0.6) is 0 Å². The van der Waals surface area contributed by atoms with Crippen molar-refractivity contribution in [2.45, 2.75) is 141 Å². The number of rotatable bonds is 15. The number of esters is 1. The molecular formula is C32H55ClN2O3. The second-order valence-electron chi connectivity index (χ2n) is 10.9. The molecule has 0 atom stereocenters. The van der Waals surface area contributed by atoms with Crippen molar-refractivity contribution in [3.8, 4) is 0 Å². The Labute approximate surface area is 239 Å². The van der Waals surface area contributed by atoms with Gasteiger partial charge in [0.05, 0.1) is 0 Å². The predicted molar refractivity (Wildman–Crippen MR) is 162 cm³/mol. The molecule has 6 heteroatoms. The van der Waals surface area contributed by atoms with Gasteiger partial charge in [-0.1, -0.05) is 103 Å². The average molecular weight is 551 g/mol. The van der Waals surface area contributed by atoms with Crippen molar-refractivity contribution in [1.82, 2.24) is 5.32 Å². The lowest BCUT2D eigenvalue weighted by atomic mass is 9.99. The third-order valence-electron chi connectivity index (χ3n) is 7.50. The maximum absolute atomic E-state index is 12.5. The number of anilines is 1. The first kappa shape index (κ1) is 34.3. The minimum Gasteiger partial charge on any atom is -0.461 e. The van der Waals surface area contributed by atoms with E-state index in [1.54, 1.807) is 0 Å². The van der Waals surface area contributed by atoms with E-state index in [1.165, 1.54) is 96.3 Å². The van der Waals surface area contributed by atoms with Gasteiger partial charge in [-0.05, 0) is 56.4 Å². The van der Waals surface area contributed by atoms with Crippen LogP contribution in [0.1, 0.15) is 146 Å². The molecule has 1 aromatic carbocycles. The first-order chi connectivity index (χ1) is 18.2. The predicted octanol–water partition coefficient (Wildman–Crippen LogP) is 9.00. The monoisotopic (exact) mass is 550 g/mol. The lowest BCUT2D eigenvalue weighted by molar-refractivity contribution is -0.147. The van der Waals surface area contributed by atoms with Gasteiger partial charge in [0.1, 0.15) is 12.6 Å². The van der Waals surface area contributed by atoms with E-state index >= 15 is 0 Å². The SMILES string of the molecule is CCCCCCCCCCCNC(=O)c1ccc(NCC(=O)OC2CCCCCCCCCCC2)cc1.Cl. The fourth-order valence-corrected chi connectivity index (χ4v) is 5.12. The molecule has 2 N–H and O–H groups in total. The van der Waals surface area contributed by atoms with Crippen LogP contribution in [0.4, 0.5) is 5.69 Å². The van der Waals surface area contributed by atoms with Crippen molar-refractivity contribution in [2.24, 2.45) is 0 Å². The highest BCUT2D eigenvalue weighted by molar-refractivity contribution is 5.94. The van der Waals surface area contributed by atoms with E-state index in [0.29, 0.717) is 5.56 Å². The summed E-state index contributed by atoms with van der Waals surface area (Å²) in [6.07, 6.45) is 24.9. The van der Waals surface area contributed by atoms with Crippen LogP contribution in [-0.2, 0) is 9.53 Å². The Kier molecular flexibility index (Phi) is 20.9. The molecular weight excluding hydrogens is 496 g/mol. The largest absolute Gasteiger partial charge is 0.461 e. The topological polar surface area (TPSA) is 67.4 Å². The molecule has 38 heavy (non-hydrogen) atoms. The lowest BCUT2D eigenvalue weighted by Gasteiger charge is -2.19. The highest BCUT2D eigenvalue weighted by Crippen LogP contribution is 2.19. The van der Waals surface area contributed by atoms with Crippen molar-refractivity contribution >= 4 is 30.0 Å². The van der Waals surface area contributed by atoms with Gasteiger partial charge in [-0.2, -0.15) is 0 Å². The van der Waals surface area contributed by atoms with Crippen LogP contribution in [0.25, 0.3) is 0 Å². The lowest BCUT2D eigenvalue weighted by Crippen LogP contribution is -2.25. The first-order valence-electron chi connectivity index (χ1n) is 15.5. The summed E-state index contributed by atoms with van der Waals surface area (Å²) in [6, 6.07) is 7.34. The van der Waals surface area contributed by atoms with E-state index in [4.69, 9.17) is 4.74 Å². The molecule has 1 aliphatic rings. The molecule has 5 nitrogen and oxygen atoms in total. The van der Waals surface area contributed by atoms with Gasteiger partial charge in [0.25, 0.3) is 5.91 Å². The molecule has 218 valence electrons. The van der Waals surface area contributed by atoms with E-state index in [9.17, 15) is 9.59 Å². The second kappa shape index (κ2) is 23.2. The summed E-state index contributed by atoms with van der Waals surface area (Å²) >= 11 is 0. The van der Waals surface area contributed by atoms with Crippen molar-refractivity contribution in [2.75, 3.05) is 18.4 Å². The number of nitrogens with one attached hydrogen (secondary N) is 2. The molecule has 0 saturated heterocycles. The molecule has 1 aliphatic carbocycles. The normalized spacial score (nSPS) is 15.4. The molecule has 1 saturated carbocycles. The zero-order valence-corrected chi connectivity index (χ0v) is 24.9. The van der Waals surface area contributed by atoms with Crippen LogP contribution >= 0.6 is 12.4 Å². The third-order valence-corrected chi connectivity index (χ3v) is 7.50. The van der Waals surface area contributed by atoms with E-state index in [2.05, 4.69) is 17.6 Å². The van der Waals surface area contributed by atoms with Gasteiger partial charge in [-0.3, -0.25) is 9.59 Å². The summed E-state index contributed by atoms with van der Waals surface area (Å²) in [6.45, 7) is 3.13. The fraction of sp³-hybridized carbons (Fsp3) is 0.750. The minimum atomic E-state index is -0.195. The van der Waals surface area contributed by atoms with Crippen LogP contribution < -0.4 is 10.6 Å². The van der Waals surface area contributed by atoms with Crippen LogP contribution in [0.15, 0.2) is 24.3 Å². The van der Waals surface area contributed by atoms with Crippen molar-refractivity contribution in [3.63, 3.8) is 0 Å². The Hall–Kier alpha value is -1.75. The van der Waals surface area contributed by atoms with E-state index in [-0.39, 0.29) is 36.9 Å². The van der Waals surface area contributed by atoms with Gasteiger partial charge in [-0.15, -0.1) is 12.4 Å². The van der Waals surface area contributed by atoms with Crippen LogP contribution in [0, 0.1) is 0 Å². The maximum atomic E-state index is 12.5.